The summed E-state index contributed by atoms with van der Waals surface area (Å²) in [5.41, 5.74) is 0. The molecule has 14 heavy (non-hydrogen) atoms. The lowest BCUT2D eigenvalue weighted by Crippen LogP contribution is -1.93. The van der Waals surface area contributed by atoms with E-state index in [-0.39, 0.29) is 0 Å². The van der Waals surface area contributed by atoms with Crippen molar-refractivity contribution in [1.29, 1.82) is 0 Å². The summed E-state index contributed by atoms with van der Waals surface area (Å²) in [6.07, 6.45) is 5.00. The van der Waals surface area contributed by atoms with Gasteiger partial charge in [-0.25, -0.2) is 4.57 Å². The van der Waals surface area contributed by atoms with Gasteiger partial charge in [-0.1, -0.05) is 26.7 Å². The van der Waals surface area contributed by atoms with E-state index in [0.717, 1.165) is 12.8 Å². The number of carbonyl (C=O) groups excluding carboxylic acids is 1. The molecule has 0 saturated heterocycles. The number of carbonyl (C=O) groups is 1. The summed E-state index contributed by atoms with van der Waals surface area (Å²) in [6, 6.07) is 0. The number of hydrogen-bond donors (Lipinski definition) is 3. The van der Waals surface area contributed by atoms with Crippen molar-refractivity contribution in [3.63, 3.8) is 0 Å². The number of phosphoric acid groups is 1. The fraction of sp³-hybridized carbons (Fsp3) is 0.875. The van der Waals surface area contributed by atoms with Gasteiger partial charge in [-0.15, -0.1) is 0 Å². The third-order valence-corrected chi connectivity index (χ3v) is 1.45. The molecule has 0 fully saturated rings. The first-order valence-corrected chi connectivity index (χ1v) is 6.17. The second kappa shape index (κ2) is 9.34. The van der Waals surface area contributed by atoms with Crippen LogP contribution in [0.4, 0.5) is 0 Å². The maximum Gasteiger partial charge on any atom is 0.466 e. The Kier molecular flexibility index (Phi) is 10.8. The van der Waals surface area contributed by atoms with Crippen molar-refractivity contribution in [2.75, 3.05) is 0 Å². The highest BCUT2D eigenvalue weighted by atomic mass is 31.2. The first-order chi connectivity index (χ1) is 6.31. The van der Waals surface area contributed by atoms with Gasteiger partial charge >= 0.3 is 7.82 Å². The zero-order chi connectivity index (χ0) is 11.6. The van der Waals surface area contributed by atoms with Crippen LogP contribution in [0.3, 0.4) is 0 Å². The van der Waals surface area contributed by atoms with Crippen molar-refractivity contribution < 1.29 is 24.0 Å². The van der Waals surface area contributed by atoms with Gasteiger partial charge in [0, 0.05) is 12.8 Å². The minimum atomic E-state index is -4.64. The molecule has 6 heteroatoms. The Hall–Kier alpha value is -0.220. The molecule has 0 aliphatic rings. The molecule has 0 unspecified atom stereocenters. The van der Waals surface area contributed by atoms with E-state index in [2.05, 4.69) is 6.92 Å². The fourth-order valence-electron chi connectivity index (χ4n) is 0.749. The highest BCUT2D eigenvalue weighted by molar-refractivity contribution is 7.45. The Labute approximate surface area is 84.4 Å². The molecule has 0 bridgehead atoms. The molecule has 86 valence electrons. The molecule has 0 rings (SSSR count). The normalized spacial score (nSPS) is 10.4. The Morgan fingerprint density at radius 3 is 1.86 bits per heavy atom. The molecule has 0 aromatic rings. The summed E-state index contributed by atoms with van der Waals surface area (Å²) in [7, 11) is -4.64. The molecule has 0 aromatic carbocycles. The van der Waals surface area contributed by atoms with Gasteiger partial charge in [0.2, 0.25) is 0 Å². The minimum Gasteiger partial charge on any atom is -0.303 e. The number of unbranched alkanes of at least 4 members (excludes halogenated alkanes) is 2. The van der Waals surface area contributed by atoms with Crippen LogP contribution in [0.25, 0.3) is 0 Å². The molecule has 0 aromatic heterocycles. The highest BCUT2D eigenvalue weighted by Crippen LogP contribution is 2.25. The predicted molar refractivity (Wildman–Crippen MR) is 53.7 cm³/mol. The largest absolute Gasteiger partial charge is 0.466 e. The first-order valence-electron chi connectivity index (χ1n) is 4.61. The molecule has 0 atom stereocenters. The van der Waals surface area contributed by atoms with Gasteiger partial charge in [-0.05, 0) is 6.42 Å². The lowest BCUT2D eigenvalue weighted by molar-refractivity contribution is -0.118. The molecule has 5 nitrogen and oxygen atoms in total. The van der Waals surface area contributed by atoms with Crippen molar-refractivity contribution >= 4 is 13.6 Å². The van der Waals surface area contributed by atoms with Gasteiger partial charge in [-0.2, -0.15) is 0 Å². The Balaban J connectivity index is 0. The van der Waals surface area contributed by atoms with Crippen molar-refractivity contribution in [3.05, 3.63) is 0 Å². The van der Waals surface area contributed by atoms with Gasteiger partial charge in [-0.3, -0.25) is 4.79 Å². The Bertz CT molecular complexity index is 178. The predicted octanol–water partition coefficient (Wildman–Crippen LogP) is 1.62. The van der Waals surface area contributed by atoms with E-state index in [4.69, 9.17) is 19.2 Å². The molecule has 0 saturated carbocycles. The van der Waals surface area contributed by atoms with E-state index in [1.54, 1.807) is 0 Å². The van der Waals surface area contributed by atoms with E-state index < -0.39 is 7.82 Å². The summed E-state index contributed by atoms with van der Waals surface area (Å²) in [5, 5.41) is 0. The zero-order valence-electron chi connectivity index (χ0n) is 8.64. The average molecular weight is 226 g/mol. The molecule has 0 amide bonds. The molecule has 0 aliphatic carbocycles. The van der Waals surface area contributed by atoms with Gasteiger partial charge in [0.15, 0.2) is 0 Å². The molecule has 3 N–H and O–H groups in total. The third-order valence-electron chi connectivity index (χ3n) is 1.45. The summed E-state index contributed by atoms with van der Waals surface area (Å²) in [5.74, 6) is 0.406. The number of Topliss-reactive ketones (excluding diaryl/α,β-unsaturated/α-hetero) is 1. The van der Waals surface area contributed by atoms with E-state index in [9.17, 15) is 4.79 Å². The number of rotatable bonds is 5. The average Bonchev–Trinajstić information content (AvgIpc) is 2.01. The van der Waals surface area contributed by atoms with Gasteiger partial charge < -0.3 is 14.7 Å². The maximum absolute atomic E-state index is 10.7. The van der Waals surface area contributed by atoms with Crippen molar-refractivity contribution in [2.24, 2.45) is 0 Å². The smallest absolute Gasteiger partial charge is 0.303 e. The van der Waals surface area contributed by atoms with Crippen LogP contribution >= 0.6 is 7.82 Å². The molecule has 0 spiro atoms. The molecular weight excluding hydrogens is 207 g/mol. The van der Waals surface area contributed by atoms with E-state index in [1.165, 1.54) is 12.8 Å². The van der Waals surface area contributed by atoms with Crippen LogP contribution in [0.2, 0.25) is 0 Å². The minimum absolute atomic E-state index is 0.406. The summed E-state index contributed by atoms with van der Waals surface area (Å²) in [4.78, 5) is 32.2. The lowest BCUT2D eigenvalue weighted by Gasteiger charge is -1.93. The quantitative estimate of drug-likeness (QED) is 0.489. The van der Waals surface area contributed by atoms with E-state index >= 15 is 0 Å². The number of hydrogen-bond acceptors (Lipinski definition) is 2. The lowest BCUT2D eigenvalue weighted by atomic mass is 10.1. The van der Waals surface area contributed by atoms with Crippen LogP contribution in [0.1, 0.15) is 46.0 Å². The van der Waals surface area contributed by atoms with Gasteiger partial charge in [0.1, 0.15) is 5.78 Å². The molecular formula is C8H19O5P. The van der Waals surface area contributed by atoms with E-state index in [0.29, 0.717) is 12.2 Å². The van der Waals surface area contributed by atoms with Gasteiger partial charge in [0.05, 0.1) is 0 Å². The first kappa shape index (κ1) is 16.2. The number of ketones is 1. The highest BCUT2D eigenvalue weighted by Gasteiger charge is 2.00. The van der Waals surface area contributed by atoms with Crippen molar-refractivity contribution in [2.45, 2.75) is 46.0 Å². The maximum atomic E-state index is 10.7. The second-order valence-corrected chi connectivity index (χ2v) is 3.89. The molecule has 0 heterocycles. The fourth-order valence-corrected chi connectivity index (χ4v) is 0.749. The zero-order valence-corrected chi connectivity index (χ0v) is 9.54. The molecule has 0 radical (unpaired) electrons. The standard InChI is InChI=1S/C8H16O.H3O4P/c1-3-5-6-7-8(9)4-2;1-5(2,3)4/h3-7H2,1-2H3;(H3,1,2,3,4). The summed E-state index contributed by atoms with van der Waals surface area (Å²) >= 11 is 0. The molecule has 0 aliphatic heterocycles. The van der Waals surface area contributed by atoms with Crippen LogP contribution in [0.15, 0.2) is 0 Å². The van der Waals surface area contributed by atoms with Crippen LogP contribution in [-0.4, -0.2) is 20.5 Å². The van der Waals surface area contributed by atoms with Gasteiger partial charge in [0.25, 0.3) is 0 Å². The topological polar surface area (TPSA) is 94.8 Å². The summed E-state index contributed by atoms with van der Waals surface area (Å²) in [6.45, 7) is 4.07. The van der Waals surface area contributed by atoms with Crippen molar-refractivity contribution in [1.82, 2.24) is 0 Å². The monoisotopic (exact) mass is 226 g/mol. The third kappa shape index (κ3) is 29.8. The van der Waals surface area contributed by atoms with E-state index in [1.807, 2.05) is 6.92 Å². The van der Waals surface area contributed by atoms with Crippen LogP contribution in [0.5, 0.6) is 0 Å². The van der Waals surface area contributed by atoms with Crippen LogP contribution in [0, 0.1) is 0 Å². The second-order valence-electron chi connectivity index (χ2n) is 2.86. The Morgan fingerprint density at radius 2 is 1.57 bits per heavy atom. The van der Waals surface area contributed by atoms with Crippen LogP contribution in [-0.2, 0) is 9.36 Å². The Morgan fingerprint density at radius 1 is 1.14 bits per heavy atom. The van der Waals surface area contributed by atoms with Crippen molar-refractivity contribution in [3.8, 4) is 0 Å². The summed E-state index contributed by atoms with van der Waals surface area (Å²) < 4.78 is 8.88. The SMILES string of the molecule is CCCCCC(=O)CC.O=P(O)(O)O. The van der Waals surface area contributed by atoms with Crippen LogP contribution < -0.4 is 0 Å².